The minimum absolute atomic E-state index is 0.0689. The van der Waals surface area contributed by atoms with Crippen molar-refractivity contribution in [3.8, 4) is 28.4 Å². The molecule has 0 saturated carbocycles. The van der Waals surface area contributed by atoms with Crippen molar-refractivity contribution in [2.45, 2.75) is 12.8 Å². The van der Waals surface area contributed by atoms with E-state index in [1.54, 1.807) is 43.8 Å². The van der Waals surface area contributed by atoms with Crippen LogP contribution in [0.2, 0.25) is 0 Å². The van der Waals surface area contributed by atoms with Gasteiger partial charge in [-0.25, -0.2) is 15.0 Å². The number of benzene rings is 2. The number of nitrogens with zero attached hydrogens (tertiary/aromatic N) is 3. The van der Waals surface area contributed by atoms with E-state index in [0.717, 1.165) is 22.4 Å². The van der Waals surface area contributed by atoms with Crippen LogP contribution in [0.5, 0.6) is 5.75 Å². The molecule has 3 aromatic heterocycles. The molecule has 4 N–H and O–H groups in total. The monoisotopic (exact) mass is 510 g/mol. The van der Waals surface area contributed by atoms with Crippen LogP contribution in [0.25, 0.3) is 33.6 Å². The highest BCUT2D eigenvalue weighted by molar-refractivity contribution is 5.99. The van der Waals surface area contributed by atoms with E-state index in [2.05, 4.69) is 27.2 Å². The number of anilines is 3. The van der Waals surface area contributed by atoms with Crippen molar-refractivity contribution >= 4 is 34.2 Å². The Balaban J connectivity index is 1.51. The Morgan fingerprint density at radius 3 is 2.89 bits per heavy atom. The van der Waals surface area contributed by atoms with E-state index in [1.807, 2.05) is 24.3 Å². The van der Waals surface area contributed by atoms with Gasteiger partial charge in [-0.3, -0.25) is 4.79 Å². The number of carbonyl (C=O) groups is 1. The molecule has 0 aliphatic rings. The van der Waals surface area contributed by atoms with E-state index in [-0.39, 0.29) is 12.5 Å². The second-order valence-electron chi connectivity index (χ2n) is 8.41. The van der Waals surface area contributed by atoms with Crippen LogP contribution >= 0.6 is 0 Å². The zero-order chi connectivity index (χ0) is 26.5. The minimum atomic E-state index is -0.323. The summed E-state index contributed by atoms with van der Waals surface area (Å²) in [6, 6.07) is 14.8. The van der Waals surface area contributed by atoms with Gasteiger partial charge in [0.15, 0.2) is 0 Å². The number of hydrogen-bond acceptors (Lipinski definition) is 8. The molecule has 5 aromatic rings. The van der Waals surface area contributed by atoms with E-state index in [9.17, 15) is 9.90 Å². The van der Waals surface area contributed by atoms with Crippen LogP contribution in [-0.4, -0.2) is 44.7 Å². The SMILES string of the molecule is C=CC(=O)Nc1ccc(OC)c(Nc2nccc(-c3[nH]c(CCCO)nc3-c3ccc4ccoc4c3)n2)c1. The number of furan rings is 1. The number of methoxy groups -OCH3 is 1. The first-order valence-corrected chi connectivity index (χ1v) is 12.0. The molecule has 0 aliphatic carbocycles. The molecule has 1 amide bonds. The van der Waals surface area contributed by atoms with Gasteiger partial charge in [-0.15, -0.1) is 0 Å². The van der Waals surface area contributed by atoms with Gasteiger partial charge < -0.3 is 29.9 Å². The number of fused-ring (bicyclic) bond motifs is 1. The molecule has 10 heteroatoms. The van der Waals surface area contributed by atoms with Crippen LogP contribution in [0.15, 0.2) is 78.1 Å². The smallest absolute Gasteiger partial charge is 0.247 e. The molecule has 0 bridgehead atoms. The number of aliphatic hydroxyl groups excluding tert-OH is 1. The van der Waals surface area contributed by atoms with E-state index in [4.69, 9.17) is 19.1 Å². The molecule has 38 heavy (non-hydrogen) atoms. The lowest BCUT2D eigenvalue weighted by Crippen LogP contribution is -2.08. The van der Waals surface area contributed by atoms with Crippen molar-refractivity contribution in [3.63, 3.8) is 0 Å². The third-order valence-corrected chi connectivity index (χ3v) is 5.86. The number of aromatic nitrogens is 4. The summed E-state index contributed by atoms with van der Waals surface area (Å²) in [4.78, 5) is 29.0. The summed E-state index contributed by atoms with van der Waals surface area (Å²) in [7, 11) is 1.56. The predicted molar refractivity (Wildman–Crippen MR) is 145 cm³/mol. The highest BCUT2D eigenvalue weighted by Crippen LogP contribution is 2.33. The maximum Gasteiger partial charge on any atom is 0.247 e. The number of nitrogens with one attached hydrogen (secondary N) is 3. The number of hydrogen-bond donors (Lipinski definition) is 4. The van der Waals surface area contributed by atoms with Gasteiger partial charge in [-0.2, -0.15) is 0 Å². The Labute approximate surface area is 218 Å². The minimum Gasteiger partial charge on any atom is -0.495 e. The highest BCUT2D eigenvalue weighted by atomic mass is 16.5. The number of H-pyrrole nitrogens is 1. The fraction of sp³-hybridized carbons (Fsp3) is 0.143. The van der Waals surface area contributed by atoms with Crippen molar-refractivity contribution in [1.29, 1.82) is 0 Å². The largest absolute Gasteiger partial charge is 0.495 e. The Kier molecular flexibility index (Phi) is 7.14. The van der Waals surface area contributed by atoms with Crippen LogP contribution in [0.4, 0.5) is 17.3 Å². The second-order valence-corrected chi connectivity index (χ2v) is 8.41. The normalized spacial score (nSPS) is 10.9. The molecule has 5 rings (SSSR count). The molecule has 0 fully saturated rings. The third kappa shape index (κ3) is 5.25. The first-order valence-electron chi connectivity index (χ1n) is 12.0. The maximum absolute atomic E-state index is 11.7. The van der Waals surface area contributed by atoms with Crippen LogP contribution in [0, 0.1) is 0 Å². The fourth-order valence-corrected chi connectivity index (χ4v) is 4.04. The quantitative estimate of drug-likeness (QED) is 0.191. The first kappa shape index (κ1) is 24.7. The first-order chi connectivity index (χ1) is 18.6. The molecular weight excluding hydrogens is 484 g/mol. The Morgan fingerprint density at radius 2 is 2.08 bits per heavy atom. The van der Waals surface area contributed by atoms with Crippen molar-refractivity contribution in [2.75, 3.05) is 24.4 Å². The van der Waals surface area contributed by atoms with Crippen molar-refractivity contribution in [3.05, 3.63) is 79.5 Å². The molecule has 10 nitrogen and oxygen atoms in total. The summed E-state index contributed by atoms with van der Waals surface area (Å²) in [5.74, 6) is 1.29. The summed E-state index contributed by atoms with van der Waals surface area (Å²) in [6.45, 7) is 3.55. The van der Waals surface area contributed by atoms with E-state index < -0.39 is 0 Å². The van der Waals surface area contributed by atoms with Crippen molar-refractivity contribution < 1.29 is 19.1 Å². The summed E-state index contributed by atoms with van der Waals surface area (Å²) < 4.78 is 11.1. The zero-order valence-electron chi connectivity index (χ0n) is 20.7. The summed E-state index contributed by atoms with van der Waals surface area (Å²) >= 11 is 0. The number of ether oxygens (including phenoxy) is 1. The van der Waals surface area contributed by atoms with Gasteiger partial charge >= 0.3 is 0 Å². The number of carbonyl (C=O) groups excluding carboxylic acids is 1. The summed E-state index contributed by atoms with van der Waals surface area (Å²) in [5.41, 5.74) is 4.81. The van der Waals surface area contributed by atoms with Gasteiger partial charge in [0.05, 0.1) is 36.1 Å². The van der Waals surface area contributed by atoms with Crippen LogP contribution in [0.1, 0.15) is 12.2 Å². The van der Waals surface area contributed by atoms with Gasteiger partial charge in [-0.05, 0) is 48.9 Å². The average molecular weight is 511 g/mol. The van der Waals surface area contributed by atoms with Gasteiger partial charge in [0.1, 0.15) is 17.2 Å². The van der Waals surface area contributed by atoms with Gasteiger partial charge in [-0.1, -0.05) is 18.7 Å². The molecular formula is C28H26N6O4. The number of aryl methyl sites for hydroxylation is 1. The van der Waals surface area contributed by atoms with Crippen LogP contribution < -0.4 is 15.4 Å². The zero-order valence-corrected chi connectivity index (χ0v) is 20.7. The molecule has 0 unspecified atom stereocenters. The molecule has 3 heterocycles. The fourth-order valence-electron chi connectivity index (χ4n) is 4.04. The Hall–Kier alpha value is -4.96. The lowest BCUT2D eigenvalue weighted by Gasteiger charge is -2.13. The molecule has 0 spiro atoms. The number of rotatable bonds is 10. The number of amides is 1. The van der Waals surface area contributed by atoms with Crippen molar-refractivity contribution in [2.24, 2.45) is 0 Å². The molecule has 0 atom stereocenters. The van der Waals surface area contributed by atoms with Crippen molar-refractivity contribution in [1.82, 2.24) is 19.9 Å². The standard InChI is InChI=1S/C28H26N6O4/c1-3-25(36)30-19-8-9-22(37-2)21(16-19)32-28-29-12-10-20(31-28)27-26(33-24(34-27)5-4-13-35)18-7-6-17-11-14-38-23(17)15-18/h3,6-12,14-16,35H,1,4-5,13H2,2H3,(H,30,36)(H,33,34)(H,29,31,32). The maximum atomic E-state index is 11.7. The number of imidazole rings is 1. The summed E-state index contributed by atoms with van der Waals surface area (Å²) in [5, 5.41) is 16.2. The highest BCUT2D eigenvalue weighted by Gasteiger charge is 2.17. The Bertz CT molecular complexity index is 1610. The lowest BCUT2D eigenvalue weighted by atomic mass is 10.1. The molecule has 192 valence electrons. The number of aromatic amines is 1. The van der Waals surface area contributed by atoms with E-state index in [0.29, 0.717) is 53.0 Å². The molecule has 0 radical (unpaired) electrons. The molecule has 0 aliphatic heterocycles. The van der Waals surface area contributed by atoms with Gasteiger partial charge in [0.25, 0.3) is 0 Å². The van der Waals surface area contributed by atoms with Crippen LogP contribution in [0.3, 0.4) is 0 Å². The predicted octanol–water partition coefficient (Wildman–Crippen LogP) is 5.08. The van der Waals surface area contributed by atoms with E-state index >= 15 is 0 Å². The third-order valence-electron chi connectivity index (χ3n) is 5.86. The number of aliphatic hydroxyl groups is 1. The van der Waals surface area contributed by atoms with Gasteiger partial charge in [0, 0.05) is 35.9 Å². The average Bonchev–Trinajstić information content (AvgIpc) is 3.59. The Morgan fingerprint density at radius 1 is 1.18 bits per heavy atom. The summed E-state index contributed by atoms with van der Waals surface area (Å²) in [6.07, 6.45) is 5.67. The second kappa shape index (κ2) is 11.0. The molecule has 0 saturated heterocycles. The van der Waals surface area contributed by atoms with Gasteiger partial charge in [0.2, 0.25) is 11.9 Å². The topological polar surface area (TPSA) is 138 Å². The van der Waals surface area contributed by atoms with E-state index in [1.165, 1.54) is 6.08 Å². The molecule has 2 aromatic carbocycles. The lowest BCUT2D eigenvalue weighted by molar-refractivity contribution is -0.111. The van der Waals surface area contributed by atoms with Crippen LogP contribution in [-0.2, 0) is 11.2 Å².